The SMILES string of the molecule is CCN1C(=O)N(CC(N)=O)C(=O)C12CCN(Cc1nc3ccccc3s1)CC2. The molecule has 1 aromatic heterocycles. The summed E-state index contributed by atoms with van der Waals surface area (Å²) in [4.78, 5) is 46.5. The Morgan fingerprint density at radius 3 is 2.61 bits per heavy atom. The van der Waals surface area contributed by atoms with Crippen LogP contribution < -0.4 is 5.73 Å². The predicted molar refractivity (Wildman–Crippen MR) is 106 cm³/mol. The lowest BCUT2D eigenvalue weighted by Crippen LogP contribution is -2.56. The van der Waals surface area contributed by atoms with Gasteiger partial charge in [0.15, 0.2) is 0 Å². The van der Waals surface area contributed by atoms with Gasteiger partial charge in [-0.3, -0.25) is 19.4 Å². The lowest BCUT2D eigenvalue weighted by Gasteiger charge is -2.41. The first-order chi connectivity index (χ1) is 13.4. The van der Waals surface area contributed by atoms with Crippen LogP contribution in [0, 0.1) is 0 Å². The van der Waals surface area contributed by atoms with E-state index >= 15 is 0 Å². The van der Waals surface area contributed by atoms with Crippen LogP contribution in [-0.2, 0) is 16.1 Å². The second-order valence-electron chi connectivity index (χ2n) is 7.27. The molecule has 28 heavy (non-hydrogen) atoms. The Labute approximate surface area is 166 Å². The maximum absolute atomic E-state index is 13.0. The lowest BCUT2D eigenvalue weighted by molar-refractivity contribution is -0.137. The van der Waals surface area contributed by atoms with Crippen LogP contribution in [0.3, 0.4) is 0 Å². The molecule has 9 heteroatoms. The second kappa shape index (κ2) is 7.14. The van der Waals surface area contributed by atoms with Crippen molar-refractivity contribution in [1.29, 1.82) is 0 Å². The molecule has 3 heterocycles. The number of carbonyl (C=O) groups excluding carboxylic acids is 3. The van der Waals surface area contributed by atoms with Crippen molar-refractivity contribution in [3.8, 4) is 0 Å². The molecule has 2 N–H and O–H groups in total. The highest BCUT2D eigenvalue weighted by Crippen LogP contribution is 2.37. The van der Waals surface area contributed by atoms with Crippen LogP contribution in [0.4, 0.5) is 4.79 Å². The number of benzene rings is 1. The van der Waals surface area contributed by atoms with E-state index in [1.807, 2.05) is 25.1 Å². The van der Waals surface area contributed by atoms with Crippen molar-refractivity contribution >= 4 is 39.4 Å². The fourth-order valence-electron chi connectivity index (χ4n) is 4.26. The van der Waals surface area contributed by atoms with E-state index in [1.54, 1.807) is 16.2 Å². The topological polar surface area (TPSA) is 99.8 Å². The molecule has 0 saturated carbocycles. The molecule has 0 aliphatic carbocycles. The van der Waals surface area contributed by atoms with Gasteiger partial charge in [-0.2, -0.15) is 0 Å². The molecule has 0 atom stereocenters. The van der Waals surface area contributed by atoms with Crippen LogP contribution in [0.2, 0.25) is 0 Å². The number of rotatable bonds is 5. The summed E-state index contributed by atoms with van der Waals surface area (Å²) >= 11 is 1.68. The average molecular weight is 401 g/mol. The largest absolute Gasteiger partial charge is 0.368 e. The monoisotopic (exact) mass is 401 g/mol. The van der Waals surface area contributed by atoms with Crippen LogP contribution in [0.5, 0.6) is 0 Å². The van der Waals surface area contributed by atoms with E-state index < -0.39 is 17.5 Å². The number of urea groups is 1. The number of hydrogen-bond acceptors (Lipinski definition) is 6. The number of para-hydroxylation sites is 1. The zero-order valence-electron chi connectivity index (χ0n) is 15.8. The fourth-order valence-corrected chi connectivity index (χ4v) is 5.27. The van der Waals surface area contributed by atoms with Crippen LogP contribution in [0.15, 0.2) is 24.3 Å². The number of nitrogens with two attached hydrogens (primary N) is 1. The van der Waals surface area contributed by atoms with E-state index in [-0.39, 0.29) is 12.5 Å². The number of nitrogens with zero attached hydrogens (tertiary/aromatic N) is 4. The van der Waals surface area contributed by atoms with Crippen molar-refractivity contribution in [3.63, 3.8) is 0 Å². The van der Waals surface area contributed by atoms with Gasteiger partial charge in [0.05, 0.1) is 16.8 Å². The number of imide groups is 1. The molecule has 2 aliphatic rings. The molecule has 1 spiro atoms. The summed E-state index contributed by atoms with van der Waals surface area (Å²) in [6, 6.07) is 7.66. The third kappa shape index (κ3) is 3.04. The van der Waals surface area contributed by atoms with Crippen molar-refractivity contribution in [2.45, 2.75) is 31.8 Å². The van der Waals surface area contributed by atoms with Crippen LogP contribution in [-0.4, -0.2) is 69.2 Å². The molecule has 148 valence electrons. The van der Waals surface area contributed by atoms with E-state index in [2.05, 4.69) is 16.0 Å². The van der Waals surface area contributed by atoms with Crippen molar-refractivity contribution in [2.75, 3.05) is 26.2 Å². The van der Waals surface area contributed by atoms with Crippen LogP contribution in [0.25, 0.3) is 10.2 Å². The van der Waals surface area contributed by atoms with Gasteiger partial charge in [-0.1, -0.05) is 12.1 Å². The maximum atomic E-state index is 13.0. The molecule has 2 aromatic rings. The zero-order valence-corrected chi connectivity index (χ0v) is 16.6. The normalized spacial score (nSPS) is 19.9. The maximum Gasteiger partial charge on any atom is 0.328 e. The molecule has 0 unspecified atom stereocenters. The van der Waals surface area contributed by atoms with Gasteiger partial charge in [-0.15, -0.1) is 11.3 Å². The molecule has 2 fully saturated rings. The van der Waals surface area contributed by atoms with E-state index in [4.69, 9.17) is 5.73 Å². The average Bonchev–Trinajstić information content (AvgIpc) is 3.16. The molecule has 1 aromatic carbocycles. The first kappa shape index (κ1) is 18.8. The number of amides is 4. The standard InChI is InChI=1S/C19H23N5O3S/c1-2-24-18(27)23(11-15(20)25)17(26)19(24)7-9-22(10-8-19)12-16-21-13-5-3-4-6-14(13)28-16/h3-6H,2,7-12H2,1H3,(H2,20,25). The molecule has 8 nitrogen and oxygen atoms in total. The molecule has 2 aliphatic heterocycles. The Morgan fingerprint density at radius 1 is 1.25 bits per heavy atom. The summed E-state index contributed by atoms with van der Waals surface area (Å²) in [5.41, 5.74) is 5.37. The highest BCUT2D eigenvalue weighted by molar-refractivity contribution is 7.18. The molecular weight excluding hydrogens is 378 g/mol. The predicted octanol–water partition coefficient (Wildman–Crippen LogP) is 1.40. The Bertz CT molecular complexity index is 902. The molecule has 2 saturated heterocycles. The number of likely N-dealkylation sites (tertiary alicyclic amines) is 1. The minimum Gasteiger partial charge on any atom is -0.368 e. The first-order valence-electron chi connectivity index (χ1n) is 9.43. The van der Waals surface area contributed by atoms with Gasteiger partial charge in [0.1, 0.15) is 17.1 Å². The lowest BCUT2D eigenvalue weighted by atomic mass is 9.86. The van der Waals surface area contributed by atoms with Gasteiger partial charge in [0, 0.05) is 19.6 Å². The van der Waals surface area contributed by atoms with E-state index in [1.165, 1.54) is 4.70 Å². The second-order valence-corrected chi connectivity index (χ2v) is 8.38. The number of piperidine rings is 1. The summed E-state index contributed by atoms with van der Waals surface area (Å²) < 4.78 is 1.17. The Hall–Kier alpha value is -2.52. The zero-order chi connectivity index (χ0) is 19.9. The van der Waals surface area contributed by atoms with Gasteiger partial charge in [0.2, 0.25) is 5.91 Å². The fraction of sp³-hybridized carbons (Fsp3) is 0.474. The molecular formula is C19H23N5O3S. The molecule has 0 bridgehead atoms. The third-order valence-electron chi connectivity index (χ3n) is 5.63. The highest BCUT2D eigenvalue weighted by Gasteiger charge is 2.57. The quantitative estimate of drug-likeness (QED) is 0.764. The minimum atomic E-state index is -0.856. The van der Waals surface area contributed by atoms with E-state index in [9.17, 15) is 14.4 Å². The summed E-state index contributed by atoms with van der Waals surface area (Å²) in [5.74, 6) is -0.971. The summed E-state index contributed by atoms with van der Waals surface area (Å²) in [7, 11) is 0. The number of thiazole rings is 1. The van der Waals surface area contributed by atoms with Gasteiger partial charge in [0.25, 0.3) is 5.91 Å². The minimum absolute atomic E-state index is 0.294. The number of aromatic nitrogens is 1. The number of hydrogen-bond donors (Lipinski definition) is 1. The summed E-state index contributed by atoms with van der Waals surface area (Å²) in [6.07, 6.45) is 1.09. The summed E-state index contributed by atoms with van der Waals surface area (Å²) in [5, 5.41) is 1.05. The number of carbonyl (C=O) groups is 3. The highest BCUT2D eigenvalue weighted by atomic mass is 32.1. The first-order valence-corrected chi connectivity index (χ1v) is 10.2. The Morgan fingerprint density at radius 2 is 1.96 bits per heavy atom. The third-order valence-corrected chi connectivity index (χ3v) is 6.65. The van der Waals surface area contributed by atoms with Crippen molar-refractivity contribution < 1.29 is 14.4 Å². The van der Waals surface area contributed by atoms with Crippen LogP contribution in [0.1, 0.15) is 24.8 Å². The van der Waals surface area contributed by atoms with Crippen molar-refractivity contribution in [3.05, 3.63) is 29.3 Å². The van der Waals surface area contributed by atoms with E-state index in [0.717, 1.165) is 22.0 Å². The Kier molecular flexibility index (Phi) is 4.80. The van der Waals surface area contributed by atoms with Crippen LogP contribution >= 0.6 is 11.3 Å². The summed E-state index contributed by atoms with van der Waals surface area (Å²) in [6.45, 7) is 4.04. The van der Waals surface area contributed by atoms with Gasteiger partial charge in [-0.05, 0) is 31.9 Å². The smallest absolute Gasteiger partial charge is 0.328 e. The molecule has 0 radical (unpaired) electrons. The van der Waals surface area contributed by atoms with E-state index in [0.29, 0.717) is 32.5 Å². The van der Waals surface area contributed by atoms with Gasteiger partial charge >= 0.3 is 6.03 Å². The van der Waals surface area contributed by atoms with Crippen molar-refractivity contribution in [2.24, 2.45) is 5.73 Å². The van der Waals surface area contributed by atoms with Gasteiger partial charge < -0.3 is 10.6 Å². The van der Waals surface area contributed by atoms with Gasteiger partial charge in [-0.25, -0.2) is 9.78 Å². The number of primary amides is 1. The van der Waals surface area contributed by atoms with Crippen molar-refractivity contribution in [1.82, 2.24) is 19.7 Å². The molecule has 4 amide bonds. The molecule has 4 rings (SSSR count). The Balaban J connectivity index is 1.47. The number of fused-ring (bicyclic) bond motifs is 1. The number of likely N-dealkylation sites (N-methyl/N-ethyl adjacent to an activating group) is 1.